The second-order valence-electron chi connectivity index (χ2n) is 6.23. The summed E-state index contributed by atoms with van der Waals surface area (Å²) in [7, 11) is 0. The van der Waals surface area contributed by atoms with Crippen molar-refractivity contribution in [1.29, 1.82) is 5.26 Å². The number of nitrogens with zero attached hydrogens (tertiary/aromatic N) is 1. The zero-order chi connectivity index (χ0) is 15.1. The second kappa shape index (κ2) is 7.47. The normalized spacial score (nSPS) is 28.8. The fraction of sp³-hybridized carbons (Fsp3) is 0.611. The molecule has 114 valence electrons. The van der Waals surface area contributed by atoms with Crippen LogP contribution in [0.4, 0.5) is 5.69 Å². The first-order valence-corrected chi connectivity index (χ1v) is 8.22. The van der Waals surface area contributed by atoms with Gasteiger partial charge in [-0.05, 0) is 37.8 Å². The number of hydrogen-bond acceptors (Lipinski definition) is 3. The molecule has 3 heteroatoms. The molecule has 1 aliphatic heterocycles. The first-order valence-electron chi connectivity index (χ1n) is 8.22. The number of hydrogen-bond donors (Lipinski definition) is 2. The molecule has 0 saturated carbocycles. The second-order valence-corrected chi connectivity index (χ2v) is 6.23. The van der Waals surface area contributed by atoms with E-state index in [-0.39, 0.29) is 0 Å². The SMILES string of the molecule is CCC[C@@H]1CC(C#N)(Nc2ccccc2)C[C@H](CCC)N1. The molecule has 1 heterocycles. The molecule has 0 spiro atoms. The van der Waals surface area contributed by atoms with Gasteiger partial charge in [-0.25, -0.2) is 0 Å². The Morgan fingerprint density at radius 2 is 1.71 bits per heavy atom. The molecule has 1 aliphatic rings. The van der Waals surface area contributed by atoms with Crippen LogP contribution in [-0.4, -0.2) is 17.6 Å². The average molecular weight is 285 g/mol. The molecule has 2 N–H and O–H groups in total. The van der Waals surface area contributed by atoms with Crippen LogP contribution < -0.4 is 10.6 Å². The summed E-state index contributed by atoms with van der Waals surface area (Å²) in [5.41, 5.74) is 0.609. The quantitative estimate of drug-likeness (QED) is 0.828. The third-order valence-corrected chi connectivity index (χ3v) is 4.31. The van der Waals surface area contributed by atoms with E-state index < -0.39 is 5.54 Å². The Labute approximate surface area is 128 Å². The van der Waals surface area contributed by atoms with Crippen molar-refractivity contribution in [3.8, 4) is 6.07 Å². The van der Waals surface area contributed by atoms with Crippen LogP contribution in [0.2, 0.25) is 0 Å². The summed E-state index contributed by atoms with van der Waals surface area (Å²) in [5, 5.41) is 17.1. The maximum atomic E-state index is 9.83. The lowest BCUT2D eigenvalue weighted by atomic mass is 9.79. The molecule has 0 aromatic heterocycles. The monoisotopic (exact) mass is 285 g/mol. The fourth-order valence-electron chi connectivity index (χ4n) is 3.46. The van der Waals surface area contributed by atoms with Gasteiger partial charge in [-0.15, -0.1) is 0 Å². The van der Waals surface area contributed by atoms with Gasteiger partial charge in [-0.3, -0.25) is 0 Å². The lowest BCUT2D eigenvalue weighted by Gasteiger charge is -2.42. The van der Waals surface area contributed by atoms with E-state index in [0.29, 0.717) is 12.1 Å². The summed E-state index contributed by atoms with van der Waals surface area (Å²) in [6, 6.07) is 13.6. The number of benzene rings is 1. The Morgan fingerprint density at radius 1 is 1.14 bits per heavy atom. The summed E-state index contributed by atoms with van der Waals surface area (Å²) < 4.78 is 0. The van der Waals surface area contributed by atoms with E-state index in [1.807, 2.05) is 30.3 Å². The lowest BCUT2D eigenvalue weighted by molar-refractivity contribution is 0.242. The smallest absolute Gasteiger partial charge is 0.128 e. The Hall–Kier alpha value is -1.53. The summed E-state index contributed by atoms with van der Waals surface area (Å²) in [6.07, 6.45) is 6.35. The van der Waals surface area contributed by atoms with Crippen molar-refractivity contribution >= 4 is 5.69 Å². The molecule has 1 aromatic rings. The molecule has 2 rings (SSSR count). The predicted molar refractivity (Wildman–Crippen MR) is 88.2 cm³/mol. The highest BCUT2D eigenvalue weighted by molar-refractivity contribution is 5.48. The van der Waals surface area contributed by atoms with Crippen LogP contribution >= 0.6 is 0 Å². The first-order chi connectivity index (χ1) is 10.2. The zero-order valence-electron chi connectivity index (χ0n) is 13.2. The minimum atomic E-state index is -0.438. The van der Waals surface area contributed by atoms with Crippen LogP contribution in [-0.2, 0) is 0 Å². The lowest BCUT2D eigenvalue weighted by Crippen LogP contribution is -2.56. The topological polar surface area (TPSA) is 47.9 Å². The van der Waals surface area contributed by atoms with Gasteiger partial charge in [0.15, 0.2) is 0 Å². The highest BCUT2D eigenvalue weighted by Gasteiger charge is 2.40. The Balaban J connectivity index is 2.16. The maximum absolute atomic E-state index is 9.83. The molecule has 0 amide bonds. The molecule has 3 atom stereocenters. The van der Waals surface area contributed by atoms with Gasteiger partial charge in [0.05, 0.1) is 6.07 Å². The van der Waals surface area contributed by atoms with E-state index in [2.05, 4.69) is 30.6 Å². The molecular formula is C18H27N3. The largest absolute Gasteiger partial charge is 0.367 e. The van der Waals surface area contributed by atoms with Crippen LogP contribution in [0.15, 0.2) is 30.3 Å². The van der Waals surface area contributed by atoms with E-state index in [4.69, 9.17) is 0 Å². The Morgan fingerprint density at radius 3 is 2.19 bits per heavy atom. The van der Waals surface area contributed by atoms with Crippen molar-refractivity contribution in [2.75, 3.05) is 5.32 Å². The van der Waals surface area contributed by atoms with Crippen molar-refractivity contribution in [3.05, 3.63) is 30.3 Å². The molecule has 0 aliphatic carbocycles. The van der Waals surface area contributed by atoms with Crippen molar-refractivity contribution in [3.63, 3.8) is 0 Å². The van der Waals surface area contributed by atoms with E-state index in [1.165, 1.54) is 0 Å². The fourth-order valence-corrected chi connectivity index (χ4v) is 3.46. The molecule has 1 saturated heterocycles. The maximum Gasteiger partial charge on any atom is 0.128 e. The number of rotatable bonds is 6. The van der Waals surface area contributed by atoms with Gasteiger partial charge in [-0.2, -0.15) is 5.26 Å². The molecule has 1 fully saturated rings. The molecular weight excluding hydrogens is 258 g/mol. The van der Waals surface area contributed by atoms with Crippen LogP contribution in [0.25, 0.3) is 0 Å². The van der Waals surface area contributed by atoms with Crippen molar-refractivity contribution < 1.29 is 0 Å². The third kappa shape index (κ3) is 4.22. The van der Waals surface area contributed by atoms with Crippen molar-refractivity contribution in [2.24, 2.45) is 0 Å². The van der Waals surface area contributed by atoms with Gasteiger partial charge in [0, 0.05) is 17.8 Å². The van der Waals surface area contributed by atoms with Gasteiger partial charge < -0.3 is 10.6 Å². The number of nitriles is 1. The van der Waals surface area contributed by atoms with Crippen LogP contribution in [0.5, 0.6) is 0 Å². The van der Waals surface area contributed by atoms with E-state index in [1.54, 1.807) is 0 Å². The number of anilines is 1. The highest BCUT2D eigenvalue weighted by atomic mass is 15.1. The van der Waals surface area contributed by atoms with Crippen LogP contribution in [0.3, 0.4) is 0 Å². The average Bonchev–Trinajstić information content (AvgIpc) is 2.49. The molecule has 3 nitrogen and oxygen atoms in total. The summed E-state index contributed by atoms with van der Waals surface area (Å²) in [6.45, 7) is 4.42. The van der Waals surface area contributed by atoms with Gasteiger partial charge in [-0.1, -0.05) is 44.9 Å². The number of piperidine rings is 1. The summed E-state index contributed by atoms with van der Waals surface area (Å²) in [4.78, 5) is 0. The van der Waals surface area contributed by atoms with E-state index in [0.717, 1.165) is 44.2 Å². The minimum Gasteiger partial charge on any atom is -0.367 e. The van der Waals surface area contributed by atoms with Gasteiger partial charge in [0.1, 0.15) is 5.54 Å². The van der Waals surface area contributed by atoms with Crippen molar-refractivity contribution in [1.82, 2.24) is 5.32 Å². The van der Waals surface area contributed by atoms with E-state index >= 15 is 0 Å². The van der Waals surface area contributed by atoms with Crippen molar-refractivity contribution in [2.45, 2.75) is 70.0 Å². The molecule has 0 bridgehead atoms. The Bertz CT molecular complexity index is 449. The summed E-state index contributed by atoms with van der Waals surface area (Å²) >= 11 is 0. The molecule has 1 unspecified atom stereocenters. The standard InChI is InChI=1S/C18H27N3/c1-3-8-16-12-18(14-19,13-17(20-16)9-4-2)21-15-10-6-5-7-11-15/h5-7,10-11,16-17,20-21H,3-4,8-9,12-13H2,1-2H3/t16-,17+,18?. The van der Waals surface area contributed by atoms with Gasteiger partial charge in [0.2, 0.25) is 0 Å². The number of nitrogens with one attached hydrogen (secondary N) is 2. The Kier molecular flexibility index (Phi) is 5.64. The highest BCUT2D eigenvalue weighted by Crippen LogP contribution is 2.31. The number of para-hydroxylation sites is 1. The minimum absolute atomic E-state index is 0.438. The van der Waals surface area contributed by atoms with Crippen LogP contribution in [0, 0.1) is 11.3 Å². The zero-order valence-corrected chi connectivity index (χ0v) is 13.2. The molecule has 1 aromatic carbocycles. The third-order valence-electron chi connectivity index (χ3n) is 4.31. The molecule has 21 heavy (non-hydrogen) atoms. The van der Waals surface area contributed by atoms with Gasteiger partial charge in [0.25, 0.3) is 0 Å². The van der Waals surface area contributed by atoms with E-state index in [9.17, 15) is 5.26 Å². The first kappa shape index (κ1) is 15.9. The summed E-state index contributed by atoms with van der Waals surface area (Å²) in [5.74, 6) is 0. The van der Waals surface area contributed by atoms with Gasteiger partial charge >= 0.3 is 0 Å². The molecule has 0 radical (unpaired) electrons. The van der Waals surface area contributed by atoms with Crippen LogP contribution in [0.1, 0.15) is 52.4 Å². The predicted octanol–water partition coefficient (Wildman–Crippen LogP) is 4.08.